The van der Waals surface area contributed by atoms with Crippen LogP contribution in [0, 0.1) is 0 Å². The third-order valence-corrected chi connectivity index (χ3v) is 3.04. The number of nitrogens with one attached hydrogen (secondary N) is 1. The minimum Gasteiger partial charge on any atom is -0.335 e. The van der Waals surface area contributed by atoms with Gasteiger partial charge in [-0.25, -0.2) is 0 Å². The summed E-state index contributed by atoms with van der Waals surface area (Å²) in [5.74, 6) is -0.688. The number of piperazine rings is 1. The summed E-state index contributed by atoms with van der Waals surface area (Å²) in [4.78, 5) is 27.3. The maximum atomic E-state index is 12.0. The van der Waals surface area contributed by atoms with Crippen molar-refractivity contribution in [2.24, 2.45) is 0 Å². The topological polar surface area (TPSA) is 52.7 Å². The Bertz CT molecular complexity index is 262. The van der Waals surface area contributed by atoms with Crippen LogP contribution in [0.2, 0.25) is 0 Å². The van der Waals surface area contributed by atoms with Gasteiger partial charge in [0.25, 0.3) is 0 Å². The molecule has 0 aromatic rings. The predicted molar refractivity (Wildman–Crippen MR) is 66.6 cm³/mol. The zero-order valence-electron chi connectivity index (χ0n) is 10.9. The highest BCUT2D eigenvalue weighted by molar-refractivity contribution is 6.34. The minimum atomic E-state index is -0.345. The maximum absolute atomic E-state index is 12.0. The van der Waals surface area contributed by atoms with E-state index < -0.39 is 0 Å². The molecule has 1 aliphatic heterocycles. The summed E-state index contributed by atoms with van der Waals surface area (Å²) in [6.45, 7) is 8.11. The second-order valence-electron chi connectivity index (χ2n) is 4.28. The van der Waals surface area contributed by atoms with Crippen LogP contribution in [0.3, 0.4) is 0 Å². The van der Waals surface area contributed by atoms with Gasteiger partial charge in [0.05, 0.1) is 0 Å². The molecule has 1 rings (SSSR count). The van der Waals surface area contributed by atoms with Gasteiger partial charge in [-0.1, -0.05) is 13.3 Å². The van der Waals surface area contributed by atoms with E-state index >= 15 is 0 Å². The standard InChI is InChI=1S/C12H23N3O2/c1-3-5-8-14(4-2)11(16)12(17)15-9-6-13-7-10-15/h13H,3-10H2,1-2H3. The van der Waals surface area contributed by atoms with Gasteiger partial charge in [0.1, 0.15) is 0 Å². The van der Waals surface area contributed by atoms with Gasteiger partial charge in [0.2, 0.25) is 0 Å². The normalized spacial score (nSPS) is 15.8. The smallest absolute Gasteiger partial charge is 0.312 e. The molecule has 1 aliphatic rings. The molecule has 0 saturated carbocycles. The van der Waals surface area contributed by atoms with E-state index in [0.29, 0.717) is 26.2 Å². The molecular weight excluding hydrogens is 218 g/mol. The average molecular weight is 241 g/mol. The summed E-state index contributed by atoms with van der Waals surface area (Å²) < 4.78 is 0. The van der Waals surface area contributed by atoms with Crippen molar-refractivity contribution in [3.63, 3.8) is 0 Å². The van der Waals surface area contributed by atoms with Crippen molar-refractivity contribution in [3.05, 3.63) is 0 Å². The molecule has 5 nitrogen and oxygen atoms in total. The van der Waals surface area contributed by atoms with E-state index in [1.54, 1.807) is 9.80 Å². The lowest BCUT2D eigenvalue weighted by atomic mass is 10.3. The van der Waals surface area contributed by atoms with Crippen molar-refractivity contribution in [2.75, 3.05) is 39.3 Å². The van der Waals surface area contributed by atoms with Crippen LogP contribution >= 0.6 is 0 Å². The summed E-state index contributed by atoms with van der Waals surface area (Å²) in [5, 5.41) is 3.17. The summed E-state index contributed by atoms with van der Waals surface area (Å²) in [7, 11) is 0. The Labute approximate surface area is 103 Å². The molecular formula is C12H23N3O2. The Kier molecular flexibility index (Phi) is 5.97. The number of amides is 2. The molecule has 0 aromatic heterocycles. The molecule has 0 bridgehead atoms. The molecule has 0 unspecified atom stereocenters. The maximum Gasteiger partial charge on any atom is 0.312 e. The molecule has 0 spiro atoms. The SMILES string of the molecule is CCCCN(CC)C(=O)C(=O)N1CCNCC1. The van der Waals surface area contributed by atoms with Gasteiger partial charge in [0.15, 0.2) is 0 Å². The number of rotatable bonds is 4. The largest absolute Gasteiger partial charge is 0.335 e. The van der Waals surface area contributed by atoms with Crippen LogP contribution in [0.1, 0.15) is 26.7 Å². The lowest BCUT2D eigenvalue weighted by Gasteiger charge is -2.29. The predicted octanol–water partition coefficient (Wildman–Crippen LogP) is 0.0668. The van der Waals surface area contributed by atoms with Crippen LogP contribution in [-0.4, -0.2) is 60.9 Å². The number of carbonyl (C=O) groups is 2. The molecule has 1 N–H and O–H groups in total. The first-order valence-electron chi connectivity index (χ1n) is 6.49. The molecule has 17 heavy (non-hydrogen) atoms. The molecule has 5 heteroatoms. The molecule has 1 heterocycles. The van der Waals surface area contributed by atoms with Crippen molar-refractivity contribution in [2.45, 2.75) is 26.7 Å². The number of carbonyl (C=O) groups excluding carboxylic acids is 2. The minimum absolute atomic E-state index is 0.343. The van der Waals surface area contributed by atoms with Gasteiger partial charge in [-0.3, -0.25) is 9.59 Å². The van der Waals surface area contributed by atoms with Crippen molar-refractivity contribution in [3.8, 4) is 0 Å². The fourth-order valence-electron chi connectivity index (χ4n) is 1.89. The van der Waals surface area contributed by atoms with Crippen LogP contribution in [0.25, 0.3) is 0 Å². The molecule has 0 radical (unpaired) electrons. The number of unbranched alkanes of at least 4 members (excludes halogenated alkanes) is 1. The first kappa shape index (κ1) is 14.0. The van der Waals surface area contributed by atoms with E-state index in [1.165, 1.54) is 0 Å². The Hall–Kier alpha value is -1.10. The van der Waals surface area contributed by atoms with Gasteiger partial charge in [-0.05, 0) is 13.3 Å². The average Bonchev–Trinajstić information content (AvgIpc) is 2.39. The van der Waals surface area contributed by atoms with Crippen LogP contribution in [0.4, 0.5) is 0 Å². The lowest BCUT2D eigenvalue weighted by molar-refractivity contribution is -0.152. The summed E-state index contributed by atoms with van der Waals surface area (Å²) in [6.07, 6.45) is 1.99. The Morgan fingerprint density at radius 2 is 1.88 bits per heavy atom. The zero-order valence-corrected chi connectivity index (χ0v) is 10.9. The van der Waals surface area contributed by atoms with Gasteiger partial charge in [0, 0.05) is 39.3 Å². The molecule has 1 saturated heterocycles. The van der Waals surface area contributed by atoms with Crippen molar-refractivity contribution in [1.82, 2.24) is 15.1 Å². The lowest BCUT2D eigenvalue weighted by Crippen LogP contribution is -2.52. The number of nitrogens with zero attached hydrogens (tertiary/aromatic N) is 2. The van der Waals surface area contributed by atoms with Crippen LogP contribution < -0.4 is 5.32 Å². The fourth-order valence-corrected chi connectivity index (χ4v) is 1.89. The first-order chi connectivity index (χ1) is 8.20. The second-order valence-corrected chi connectivity index (χ2v) is 4.28. The molecule has 0 aliphatic carbocycles. The molecule has 2 amide bonds. The van der Waals surface area contributed by atoms with Crippen LogP contribution in [0.15, 0.2) is 0 Å². The van der Waals surface area contributed by atoms with Crippen LogP contribution in [0.5, 0.6) is 0 Å². The van der Waals surface area contributed by atoms with Gasteiger partial charge in [-0.2, -0.15) is 0 Å². The molecule has 98 valence electrons. The number of hydrogen-bond acceptors (Lipinski definition) is 3. The van der Waals surface area contributed by atoms with Gasteiger partial charge >= 0.3 is 11.8 Å². The number of likely N-dealkylation sites (N-methyl/N-ethyl adjacent to an activating group) is 1. The highest BCUT2D eigenvalue weighted by Crippen LogP contribution is 2.01. The zero-order chi connectivity index (χ0) is 12.7. The van der Waals surface area contributed by atoms with E-state index in [2.05, 4.69) is 12.2 Å². The van der Waals surface area contributed by atoms with E-state index in [9.17, 15) is 9.59 Å². The third kappa shape index (κ3) is 4.00. The van der Waals surface area contributed by atoms with Gasteiger partial charge < -0.3 is 15.1 Å². The van der Waals surface area contributed by atoms with Crippen LogP contribution in [-0.2, 0) is 9.59 Å². The van der Waals surface area contributed by atoms with E-state index in [4.69, 9.17) is 0 Å². The fraction of sp³-hybridized carbons (Fsp3) is 0.833. The molecule has 1 fully saturated rings. The first-order valence-corrected chi connectivity index (χ1v) is 6.49. The van der Waals surface area contributed by atoms with E-state index in [1.807, 2.05) is 6.92 Å². The van der Waals surface area contributed by atoms with Crippen molar-refractivity contribution >= 4 is 11.8 Å². The Morgan fingerprint density at radius 3 is 2.41 bits per heavy atom. The Balaban J connectivity index is 2.50. The highest BCUT2D eigenvalue weighted by Gasteiger charge is 2.26. The second kappa shape index (κ2) is 7.27. The third-order valence-electron chi connectivity index (χ3n) is 3.04. The monoisotopic (exact) mass is 241 g/mol. The summed E-state index contributed by atoms with van der Waals surface area (Å²) in [6, 6.07) is 0. The number of hydrogen-bond donors (Lipinski definition) is 1. The molecule has 0 atom stereocenters. The summed E-state index contributed by atoms with van der Waals surface area (Å²) >= 11 is 0. The molecule has 0 aromatic carbocycles. The van der Waals surface area contributed by atoms with Gasteiger partial charge in [-0.15, -0.1) is 0 Å². The van der Waals surface area contributed by atoms with Crippen molar-refractivity contribution < 1.29 is 9.59 Å². The quantitative estimate of drug-likeness (QED) is 0.709. The Morgan fingerprint density at radius 1 is 1.24 bits per heavy atom. The van der Waals surface area contributed by atoms with E-state index in [-0.39, 0.29) is 11.8 Å². The van der Waals surface area contributed by atoms with Crippen molar-refractivity contribution in [1.29, 1.82) is 0 Å². The highest BCUT2D eigenvalue weighted by atomic mass is 16.2. The summed E-state index contributed by atoms with van der Waals surface area (Å²) in [5.41, 5.74) is 0. The van der Waals surface area contributed by atoms with E-state index in [0.717, 1.165) is 25.9 Å².